The van der Waals surface area contributed by atoms with Crippen molar-refractivity contribution in [3.63, 3.8) is 0 Å². The summed E-state index contributed by atoms with van der Waals surface area (Å²) in [6, 6.07) is 11.9. The van der Waals surface area contributed by atoms with Crippen LogP contribution in [0.25, 0.3) is 10.9 Å². The molecule has 2 unspecified atom stereocenters. The third-order valence-corrected chi connectivity index (χ3v) is 3.33. The monoisotopic (exact) mass is 254 g/mol. The summed E-state index contributed by atoms with van der Waals surface area (Å²) < 4.78 is 0. The van der Waals surface area contributed by atoms with Crippen LogP contribution in [0.4, 0.5) is 5.82 Å². The van der Waals surface area contributed by atoms with Crippen LogP contribution >= 0.6 is 0 Å². The summed E-state index contributed by atoms with van der Waals surface area (Å²) in [4.78, 5) is 15.4. The minimum absolute atomic E-state index is 0.0368. The van der Waals surface area contributed by atoms with Gasteiger partial charge in [0.1, 0.15) is 5.82 Å². The summed E-state index contributed by atoms with van der Waals surface area (Å²) in [6.45, 7) is 0. The molecule has 2 N–H and O–H groups in total. The number of aromatic nitrogens is 1. The lowest BCUT2D eigenvalue weighted by Gasteiger charge is -2.13. The topological polar surface area (TPSA) is 62.2 Å². The van der Waals surface area contributed by atoms with Gasteiger partial charge in [-0.2, -0.15) is 0 Å². The van der Waals surface area contributed by atoms with E-state index in [1.807, 2.05) is 42.5 Å². The Bertz CT molecular complexity index is 651. The van der Waals surface area contributed by atoms with Gasteiger partial charge in [-0.15, -0.1) is 0 Å². The van der Waals surface area contributed by atoms with Crippen LogP contribution in [0.3, 0.4) is 0 Å². The van der Waals surface area contributed by atoms with Gasteiger partial charge in [-0.3, -0.25) is 4.79 Å². The van der Waals surface area contributed by atoms with Gasteiger partial charge >= 0.3 is 5.97 Å². The molecule has 2 aromatic rings. The molecule has 96 valence electrons. The molecule has 1 aliphatic rings. The number of carbonyl (C=O) groups is 1. The maximum absolute atomic E-state index is 10.9. The molecule has 1 aromatic carbocycles. The number of nitrogens with zero attached hydrogens (tertiary/aromatic N) is 1. The fourth-order valence-electron chi connectivity index (χ4n) is 2.33. The van der Waals surface area contributed by atoms with E-state index in [4.69, 9.17) is 5.11 Å². The fourth-order valence-corrected chi connectivity index (χ4v) is 2.33. The largest absolute Gasteiger partial charge is 0.481 e. The van der Waals surface area contributed by atoms with Gasteiger partial charge in [-0.1, -0.05) is 30.4 Å². The normalized spacial score (nSPS) is 21.7. The molecular weight excluding hydrogens is 240 g/mol. The lowest BCUT2D eigenvalue weighted by atomic mass is 10.1. The Morgan fingerprint density at radius 2 is 2.05 bits per heavy atom. The van der Waals surface area contributed by atoms with Crippen LogP contribution in [0.1, 0.15) is 6.42 Å². The zero-order valence-corrected chi connectivity index (χ0v) is 10.3. The predicted molar refractivity (Wildman–Crippen MR) is 74.0 cm³/mol. The Labute approximate surface area is 110 Å². The van der Waals surface area contributed by atoms with E-state index < -0.39 is 11.9 Å². The first-order valence-corrected chi connectivity index (χ1v) is 6.26. The number of carboxylic acids is 1. The summed E-state index contributed by atoms with van der Waals surface area (Å²) in [5.41, 5.74) is 0.935. The SMILES string of the molecule is O=C(O)C1C=CC(Nc2ccc3ccccc3n2)C1. The Morgan fingerprint density at radius 3 is 2.84 bits per heavy atom. The van der Waals surface area contributed by atoms with Gasteiger partial charge in [0, 0.05) is 11.4 Å². The van der Waals surface area contributed by atoms with E-state index in [-0.39, 0.29) is 6.04 Å². The van der Waals surface area contributed by atoms with Crippen LogP contribution in [0, 0.1) is 5.92 Å². The average molecular weight is 254 g/mol. The molecule has 1 heterocycles. The fraction of sp³-hybridized carbons (Fsp3) is 0.200. The third-order valence-electron chi connectivity index (χ3n) is 3.33. The van der Waals surface area contributed by atoms with Crippen molar-refractivity contribution in [2.45, 2.75) is 12.5 Å². The quantitative estimate of drug-likeness (QED) is 0.827. The van der Waals surface area contributed by atoms with Crippen molar-refractivity contribution < 1.29 is 9.90 Å². The number of hydrogen-bond donors (Lipinski definition) is 2. The van der Waals surface area contributed by atoms with E-state index in [0.29, 0.717) is 6.42 Å². The maximum atomic E-state index is 10.9. The van der Waals surface area contributed by atoms with Crippen molar-refractivity contribution in [1.29, 1.82) is 0 Å². The second-order valence-corrected chi connectivity index (χ2v) is 4.71. The summed E-state index contributed by atoms with van der Waals surface area (Å²) in [5.74, 6) is -0.385. The lowest BCUT2D eigenvalue weighted by molar-refractivity contribution is -0.140. The van der Waals surface area contributed by atoms with Crippen molar-refractivity contribution in [2.75, 3.05) is 5.32 Å². The Balaban J connectivity index is 1.76. The van der Waals surface area contributed by atoms with Crippen LogP contribution in [-0.2, 0) is 4.79 Å². The van der Waals surface area contributed by atoms with Crippen LogP contribution in [-0.4, -0.2) is 22.1 Å². The lowest BCUT2D eigenvalue weighted by Crippen LogP contribution is -2.19. The molecule has 0 fully saturated rings. The van der Waals surface area contributed by atoms with Crippen molar-refractivity contribution >= 4 is 22.7 Å². The van der Waals surface area contributed by atoms with Crippen LogP contribution in [0.5, 0.6) is 0 Å². The highest BCUT2D eigenvalue weighted by atomic mass is 16.4. The van der Waals surface area contributed by atoms with Gasteiger partial charge in [-0.05, 0) is 24.6 Å². The molecule has 19 heavy (non-hydrogen) atoms. The molecule has 3 rings (SSSR count). The predicted octanol–water partition coefficient (Wildman–Crippen LogP) is 2.68. The Hall–Kier alpha value is -2.36. The highest BCUT2D eigenvalue weighted by Crippen LogP contribution is 2.22. The molecule has 2 atom stereocenters. The number of benzene rings is 1. The number of carboxylic acid groups (broad SMARTS) is 1. The molecule has 0 aliphatic heterocycles. The first-order valence-electron chi connectivity index (χ1n) is 6.26. The number of nitrogens with one attached hydrogen (secondary N) is 1. The molecule has 0 saturated carbocycles. The molecular formula is C15H14N2O2. The molecule has 0 spiro atoms. The van der Waals surface area contributed by atoms with Crippen molar-refractivity contribution in [3.8, 4) is 0 Å². The molecule has 0 amide bonds. The third kappa shape index (κ3) is 2.42. The van der Waals surface area contributed by atoms with Crippen LogP contribution in [0.15, 0.2) is 48.6 Å². The molecule has 4 nitrogen and oxygen atoms in total. The van der Waals surface area contributed by atoms with Crippen molar-refractivity contribution in [1.82, 2.24) is 4.98 Å². The number of anilines is 1. The summed E-state index contributed by atoms with van der Waals surface area (Å²) in [6.07, 6.45) is 4.21. The van der Waals surface area contributed by atoms with Crippen molar-refractivity contribution in [3.05, 3.63) is 48.6 Å². The van der Waals surface area contributed by atoms with E-state index in [1.54, 1.807) is 6.08 Å². The zero-order chi connectivity index (χ0) is 13.2. The van der Waals surface area contributed by atoms with Gasteiger partial charge in [0.15, 0.2) is 0 Å². The average Bonchev–Trinajstić information content (AvgIpc) is 2.87. The summed E-state index contributed by atoms with van der Waals surface area (Å²) in [5, 5.41) is 13.3. The van der Waals surface area contributed by atoms with Gasteiger partial charge in [0.05, 0.1) is 11.4 Å². The second kappa shape index (κ2) is 4.72. The van der Waals surface area contributed by atoms with Gasteiger partial charge in [0.25, 0.3) is 0 Å². The standard InChI is InChI=1S/C15H14N2O2/c18-15(19)11-5-7-12(9-11)16-14-8-6-10-3-1-2-4-13(10)17-14/h1-8,11-12H,9H2,(H,16,17)(H,18,19). The Kier molecular flexibility index (Phi) is 2.91. The second-order valence-electron chi connectivity index (χ2n) is 4.71. The smallest absolute Gasteiger partial charge is 0.310 e. The number of para-hydroxylation sites is 1. The molecule has 4 heteroatoms. The number of fused-ring (bicyclic) bond motifs is 1. The number of aliphatic carboxylic acids is 1. The zero-order valence-electron chi connectivity index (χ0n) is 10.3. The maximum Gasteiger partial charge on any atom is 0.310 e. The first-order chi connectivity index (χ1) is 9.22. The van der Waals surface area contributed by atoms with E-state index in [9.17, 15) is 4.79 Å². The first kappa shape index (κ1) is 11.7. The van der Waals surface area contributed by atoms with Gasteiger partial charge in [0.2, 0.25) is 0 Å². The minimum Gasteiger partial charge on any atom is -0.481 e. The van der Waals surface area contributed by atoms with Crippen LogP contribution in [0.2, 0.25) is 0 Å². The van der Waals surface area contributed by atoms with Gasteiger partial charge in [-0.25, -0.2) is 4.98 Å². The molecule has 1 aliphatic carbocycles. The van der Waals surface area contributed by atoms with E-state index >= 15 is 0 Å². The minimum atomic E-state index is -0.771. The Morgan fingerprint density at radius 1 is 1.21 bits per heavy atom. The number of pyridine rings is 1. The highest BCUT2D eigenvalue weighted by molar-refractivity contribution is 5.80. The molecule has 0 radical (unpaired) electrons. The van der Waals surface area contributed by atoms with E-state index in [0.717, 1.165) is 16.7 Å². The highest BCUT2D eigenvalue weighted by Gasteiger charge is 2.24. The van der Waals surface area contributed by atoms with Gasteiger partial charge < -0.3 is 10.4 Å². The summed E-state index contributed by atoms with van der Waals surface area (Å²) >= 11 is 0. The number of rotatable bonds is 3. The molecule has 0 bridgehead atoms. The van der Waals surface area contributed by atoms with E-state index in [2.05, 4.69) is 10.3 Å². The number of hydrogen-bond acceptors (Lipinski definition) is 3. The molecule has 1 aromatic heterocycles. The van der Waals surface area contributed by atoms with Crippen molar-refractivity contribution in [2.24, 2.45) is 5.92 Å². The van der Waals surface area contributed by atoms with Crippen LogP contribution < -0.4 is 5.32 Å². The summed E-state index contributed by atoms with van der Waals surface area (Å²) in [7, 11) is 0. The molecule has 0 saturated heterocycles. The van der Waals surface area contributed by atoms with E-state index in [1.165, 1.54) is 0 Å².